The zero-order valence-corrected chi connectivity index (χ0v) is 15.3. The van der Waals surface area contributed by atoms with Gasteiger partial charge in [-0.15, -0.1) is 0 Å². The Balaban J connectivity index is 1.59. The van der Waals surface area contributed by atoms with E-state index in [9.17, 15) is 9.18 Å². The molecule has 6 nitrogen and oxygen atoms in total. The van der Waals surface area contributed by atoms with Gasteiger partial charge in [0.25, 0.3) is 0 Å². The highest BCUT2D eigenvalue weighted by Gasteiger charge is 2.15. The first-order valence-electron chi connectivity index (χ1n) is 8.43. The molecule has 2 N–H and O–H groups in total. The van der Waals surface area contributed by atoms with Crippen LogP contribution in [0.5, 0.6) is 0 Å². The number of urea groups is 1. The van der Waals surface area contributed by atoms with E-state index >= 15 is 0 Å². The van der Waals surface area contributed by atoms with Gasteiger partial charge < -0.3 is 9.84 Å². The van der Waals surface area contributed by atoms with Crippen molar-refractivity contribution in [2.45, 2.75) is 25.8 Å². The van der Waals surface area contributed by atoms with Crippen molar-refractivity contribution in [1.29, 1.82) is 0 Å². The molecule has 0 saturated heterocycles. The third-order valence-corrected chi connectivity index (χ3v) is 4.16. The van der Waals surface area contributed by atoms with Crippen LogP contribution >= 0.6 is 11.6 Å². The van der Waals surface area contributed by atoms with Gasteiger partial charge in [-0.1, -0.05) is 47.9 Å². The summed E-state index contributed by atoms with van der Waals surface area (Å²) in [5.74, 6) is 0.0786. The Morgan fingerprint density at radius 3 is 2.74 bits per heavy atom. The van der Waals surface area contributed by atoms with E-state index in [-0.39, 0.29) is 17.9 Å². The predicted molar refractivity (Wildman–Crippen MR) is 100 cm³/mol. The standard InChI is InChI=1S/C19H18ClFN4O2/c1-2-16(13-4-3-5-14(20)11-13)22-18(26)24-19-23-17(25-27-19)10-12-6-8-15(21)9-7-12/h3-9,11,16H,2,10H2,1H3,(H2,22,23,24,25,26). The molecule has 140 valence electrons. The lowest BCUT2D eigenvalue weighted by Gasteiger charge is -2.17. The van der Waals surface area contributed by atoms with Gasteiger partial charge >= 0.3 is 12.0 Å². The molecule has 2 aromatic carbocycles. The molecule has 0 radical (unpaired) electrons. The molecular weight excluding hydrogens is 371 g/mol. The summed E-state index contributed by atoms with van der Waals surface area (Å²) in [7, 11) is 0. The Morgan fingerprint density at radius 1 is 1.26 bits per heavy atom. The fraction of sp³-hybridized carbons (Fsp3) is 0.211. The number of halogens is 2. The summed E-state index contributed by atoms with van der Waals surface area (Å²) < 4.78 is 18.0. The lowest BCUT2D eigenvalue weighted by atomic mass is 10.1. The van der Waals surface area contributed by atoms with E-state index in [1.165, 1.54) is 12.1 Å². The van der Waals surface area contributed by atoms with E-state index in [1.54, 1.807) is 18.2 Å². The maximum atomic E-state index is 12.9. The lowest BCUT2D eigenvalue weighted by Crippen LogP contribution is -2.32. The average molecular weight is 389 g/mol. The first kappa shape index (κ1) is 18.8. The van der Waals surface area contributed by atoms with Crippen LogP contribution in [0.15, 0.2) is 53.1 Å². The topological polar surface area (TPSA) is 80.0 Å². The minimum Gasteiger partial charge on any atom is -0.331 e. The molecule has 0 saturated carbocycles. The Morgan fingerprint density at radius 2 is 2.04 bits per heavy atom. The zero-order chi connectivity index (χ0) is 19.2. The van der Waals surface area contributed by atoms with Gasteiger partial charge in [0.15, 0.2) is 5.82 Å². The van der Waals surface area contributed by atoms with Crippen molar-refractivity contribution < 1.29 is 13.7 Å². The van der Waals surface area contributed by atoms with E-state index in [0.29, 0.717) is 23.7 Å². The van der Waals surface area contributed by atoms with Crippen LogP contribution in [0.1, 0.15) is 36.3 Å². The number of nitrogens with zero attached hydrogens (tertiary/aromatic N) is 2. The van der Waals surface area contributed by atoms with Gasteiger partial charge in [0.05, 0.1) is 6.04 Å². The van der Waals surface area contributed by atoms with Crippen LogP contribution in [0.3, 0.4) is 0 Å². The second-order valence-corrected chi connectivity index (χ2v) is 6.37. The fourth-order valence-corrected chi connectivity index (χ4v) is 2.80. The molecule has 0 aliphatic rings. The number of hydrogen-bond donors (Lipinski definition) is 2. The third-order valence-electron chi connectivity index (χ3n) is 3.93. The van der Waals surface area contributed by atoms with Crippen molar-refractivity contribution in [1.82, 2.24) is 15.5 Å². The largest absolute Gasteiger partial charge is 0.331 e. The molecule has 3 aromatic rings. The van der Waals surface area contributed by atoms with Crippen LogP contribution < -0.4 is 10.6 Å². The molecule has 0 fully saturated rings. The second kappa shape index (κ2) is 8.64. The minimum absolute atomic E-state index is 0.00874. The number of benzene rings is 2. The Hall–Kier alpha value is -2.93. The quantitative estimate of drug-likeness (QED) is 0.640. The number of amides is 2. The summed E-state index contributed by atoms with van der Waals surface area (Å²) in [5, 5.41) is 9.79. The number of nitrogens with one attached hydrogen (secondary N) is 2. The van der Waals surface area contributed by atoms with Crippen molar-refractivity contribution in [3.05, 3.63) is 76.3 Å². The van der Waals surface area contributed by atoms with E-state index < -0.39 is 6.03 Å². The maximum Gasteiger partial charge on any atom is 0.329 e. The summed E-state index contributed by atoms with van der Waals surface area (Å²) in [4.78, 5) is 16.3. The molecule has 1 aromatic heterocycles. The molecule has 2 amide bonds. The third kappa shape index (κ3) is 5.27. The van der Waals surface area contributed by atoms with Crippen LogP contribution in [0.25, 0.3) is 0 Å². The van der Waals surface area contributed by atoms with Crippen LogP contribution in [0.4, 0.5) is 15.2 Å². The number of rotatable bonds is 6. The summed E-state index contributed by atoms with van der Waals surface area (Å²) >= 11 is 6.01. The van der Waals surface area contributed by atoms with Gasteiger partial charge in [0.1, 0.15) is 5.82 Å². The van der Waals surface area contributed by atoms with Crippen molar-refractivity contribution in [3.63, 3.8) is 0 Å². The first-order valence-corrected chi connectivity index (χ1v) is 8.81. The van der Waals surface area contributed by atoms with E-state index in [2.05, 4.69) is 20.8 Å². The predicted octanol–water partition coefficient (Wildman–Crippen LogP) is 4.73. The molecule has 27 heavy (non-hydrogen) atoms. The van der Waals surface area contributed by atoms with Gasteiger partial charge in [0, 0.05) is 11.4 Å². The highest BCUT2D eigenvalue weighted by molar-refractivity contribution is 6.30. The molecule has 0 aliphatic heterocycles. The van der Waals surface area contributed by atoms with Crippen molar-refractivity contribution >= 4 is 23.6 Å². The van der Waals surface area contributed by atoms with Crippen LogP contribution in [0.2, 0.25) is 5.02 Å². The smallest absolute Gasteiger partial charge is 0.329 e. The summed E-state index contributed by atoms with van der Waals surface area (Å²) in [6.07, 6.45) is 1.06. The monoisotopic (exact) mass is 388 g/mol. The lowest BCUT2D eigenvalue weighted by molar-refractivity contribution is 0.247. The highest BCUT2D eigenvalue weighted by Crippen LogP contribution is 2.20. The number of aromatic nitrogens is 2. The van der Waals surface area contributed by atoms with E-state index in [1.807, 2.05) is 25.1 Å². The van der Waals surface area contributed by atoms with E-state index in [0.717, 1.165) is 11.1 Å². The van der Waals surface area contributed by atoms with Crippen LogP contribution in [-0.4, -0.2) is 16.2 Å². The molecule has 1 unspecified atom stereocenters. The van der Waals surface area contributed by atoms with Gasteiger partial charge in [-0.05, 0) is 41.8 Å². The molecule has 0 bridgehead atoms. The molecule has 1 heterocycles. The summed E-state index contributed by atoms with van der Waals surface area (Å²) in [6.45, 7) is 1.96. The van der Waals surface area contributed by atoms with Gasteiger partial charge in [-0.3, -0.25) is 5.32 Å². The van der Waals surface area contributed by atoms with Gasteiger partial charge in [-0.2, -0.15) is 4.98 Å². The number of hydrogen-bond acceptors (Lipinski definition) is 4. The molecule has 8 heteroatoms. The molecule has 0 spiro atoms. The fourth-order valence-electron chi connectivity index (χ4n) is 2.60. The SMILES string of the molecule is CCC(NC(=O)Nc1nc(Cc2ccc(F)cc2)no1)c1cccc(Cl)c1. The summed E-state index contributed by atoms with van der Waals surface area (Å²) in [5.41, 5.74) is 1.74. The highest BCUT2D eigenvalue weighted by atomic mass is 35.5. The first-order chi connectivity index (χ1) is 13.0. The second-order valence-electron chi connectivity index (χ2n) is 5.93. The summed E-state index contributed by atoms with van der Waals surface area (Å²) in [6, 6.07) is 12.7. The molecular formula is C19H18ClFN4O2. The molecule has 0 aliphatic carbocycles. The van der Waals surface area contributed by atoms with E-state index in [4.69, 9.17) is 16.1 Å². The average Bonchev–Trinajstić information content (AvgIpc) is 3.08. The number of carbonyl (C=O) groups excluding carboxylic acids is 1. The Kier molecular flexibility index (Phi) is 6.03. The molecule has 1 atom stereocenters. The van der Waals surface area contributed by atoms with Gasteiger partial charge in [-0.25, -0.2) is 9.18 Å². The van der Waals surface area contributed by atoms with Crippen LogP contribution in [-0.2, 0) is 6.42 Å². The Labute approximate surface area is 160 Å². The zero-order valence-electron chi connectivity index (χ0n) is 14.6. The number of carbonyl (C=O) groups is 1. The van der Waals surface area contributed by atoms with Crippen LogP contribution in [0, 0.1) is 5.82 Å². The Bertz CT molecular complexity index is 914. The normalized spacial score (nSPS) is 11.8. The van der Waals surface area contributed by atoms with Crippen molar-refractivity contribution in [3.8, 4) is 0 Å². The molecule has 3 rings (SSSR count). The van der Waals surface area contributed by atoms with Gasteiger partial charge in [0.2, 0.25) is 0 Å². The number of anilines is 1. The maximum absolute atomic E-state index is 12.9. The van der Waals surface area contributed by atoms with Crippen molar-refractivity contribution in [2.24, 2.45) is 0 Å². The minimum atomic E-state index is -0.459. The van der Waals surface area contributed by atoms with Crippen molar-refractivity contribution in [2.75, 3.05) is 5.32 Å².